The van der Waals surface area contributed by atoms with E-state index in [4.69, 9.17) is 14.2 Å². The highest BCUT2D eigenvalue weighted by atomic mass is 16.5. The largest absolute Gasteiger partial charge is 0.496 e. The minimum atomic E-state index is 0.679. The molecule has 0 aromatic heterocycles. The fraction of sp³-hybridized carbons (Fsp3) is 0.480. The lowest BCUT2D eigenvalue weighted by Gasteiger charge is -2.26. The molecule has 1 saturated heterocycles. The number of methoxy groups -OCH3 is 1. The maximum Gasteiger partial charge on any atom is 0.191 e. The molecule has 0 saturated carbocycles. The lowest BCUT2D eigenvalue weighted by Crippen LogP contribution is -2.38. The van der Waals surface area contributed by atoms with Crippen molar-refractivity contribution in [3.05, 3.63) is 59.2 Å². The van der Waals surface area contributed by atoms with Gasteiger partial charge in [-0.1, -0.05) is 24.3 Å². The summed E-state index contributed by atoms with van der Waals surface area (Å²) in [5, 5.41) is 6.75. The van der Waals surface area contributed by atoms with Crippen molar-refractivity contribution in [2.75, 3.05) is 60.2 Å². The third-order valence-electron chi connectivity index (χ3n) is 5.54. The van der Waals surface area contributed by atoms with Gasteiger partial charge in [-0.2, -0.15) is 0 Å². The second-order valence-corrected chi connectivity index (χ2v) is 7.86. The Balaban J connectivity index is 1.40. The molecule has 0 atom stereocenters. The van der Waals surface area contributed by atoms with Crippen molar-refractivity contribution in [3.63, 3.8) is 0 Å². The van der Waals surface area contributed by atoms with Crippen LogP contribution in [0.25, 0.3) is 0 Å². The molecular weight excluding hydrogens is 404 g/mol. The van der Waals surface area contributed by atoms with Gasteiger partial charge in [-0.15, -0.1) is 0 Å². The Kier molecular flexibility index (Phi) is 9.65. The molecule has 7 heteroatoms. The van der Waals surface area contributed by atoms with Crippen molar-refractivity contribution in [2.24, 2.45) is 4.99 Å². The van der Waals surface area contributed by atoms with E-state index in [0.717, 1.165) is 74.4 Å². The summed E-state index contributed by atoms with van der Waals surface area (Å²) in [6.45, 7) is 8.73. The number of aliphatic imine (C=N–C) groups is 1. The van der Waals surface area contributed by atoms with Gasteiger partial charge in [0.15, 0.2) is 5.96 Å². The Labute approximate surface area is 191 Å². The van der Waals surface area contributed by atoms with Crippen molar-refractivity contribution in [2.45, 2.75) is 19.9 Å². The number of hydrogen-bond donors (Lipinski definition) is 2. The highest BCUT2D eigenvalue weighted by Crippen LogP contribution is 2.19. The molecule has 1 fully saturated rings. The number of guanidine groups is 1. The number of morpholine rings is 1. The Morgan fingerprint density at radius 2 is 1.94 bits per heavy atom. The van der Waals surface area contributed by atoms with Crippen LogP contribution < -0.4 is 20.1 Å². The lowest BCUT2D eigenvalue weighted by atomic mass is 10.1. The van der Waals surface area contributed by atoms with Crippen LogP contribution in [0.1, 0.15) is 16.7 Å². The van der Waals surface area contributed by atoms with E-state index in [1.54, 1.807) is 14.2 Å². The number of hydrogen-bond acceptors (Lipinski definition) is 5. The van der Waals surface area contributed by atoms with Gasteiger partial charge in [0.25, 0.3) is 0 Å². The van der Waals surface area contributed by atoms with Crippen LogP contribution in [0.5, 0.6) is 11.5 Å². The van der Waals surface area contributed by atoms with E-state index >= 15 is 0 Å². The van der Waals surface area contributed by atoms with Gasteiger partial charge >= 0.3 is 0 Å². The normalized spacial score (nSPS) is 14.8. The van der Waals surface area contributed by atoms with Gasteiger partial charge in [-0.05, 0) is 48.2 Å². The van der Waals surface area contributed by atoms with Gasteiger partial charge in [0.1, 0.15) is 18.1 Å². The first-order valence-electron chi connectivity index (χ1n) is 11.3. The summed E-state index contributed by atoms with van der Waals surface area (Å²) in [6, 6.07) is 14.5. The Morgan fingerprint density at radius 3 is 2.72 bits per heavy atom. The molecule has 2 aromatic rings. The highest BCUT2D eigenvalue weighted by Gasteiger charge is 2.10. The number of nitrogens with zero attached hydrogens (tertiary/aromatic N) is 2. The molecule has 7 nitrogen and oxygen atoms in total. The molecule has 1 aliphatic rings. The molecule has 3 rings (SSSR count). The van der Waals surface area contributed by atoms with E-state index in [2.05, 4.69) is 57.8 Å². The molecule has 0 aliphatic carbocycles. The van der Waals surface area contributed by atoms with E-state index in [1.807, 2.05) is 12.1 Å². The van der Waals surface area contributed by atoms with Crippen LogP contribution in [-0.2, 0) is 17.7 Å². The maximum atomic E-state index is 5.96. The van der Waals surface area contributed by atoms with Crippen LogP contribution in [0.2, 0.25) is 0 Å². The van der Waals surface area contributed by atoms with Crippen molar-refractivity contribution in [1.82, 2.24) is 15.5 Å². The summed E-state index contributed by atoms with van der Waals surface area (Å²) < 4.78 is 16.8. The number of aryl methyl sites for hydroxylation is 1. The zero-order valence-corrected chi connectivity index (χ0v) is 19.5. The van der Waals surface area contributed by atoms with Crippen LogP contribution in [0.4, 0.5) is 0 Å². The van der Waals surface area contributed by atoms with Crippen LogP contribution in [0.15, 0.2) is 47.5 Å². The van der Waals surface area contributed by atoms with E-state index in [-0.39, 0.29) is 0 Å². The smallest absolute Gasteiger partial charge is 0.191 e. The van der Waals surface area contributed by atoms with Crippen LogP contribution >= 0.6 is 0 Å². The zero-order valence-electron chi connectivity index (χ0n) is 19.5. The van der Waals surface area contributed by atoms with Crippen LogP contribution in [0.3, 0.4) is 0 Å². The molecule has 0 unspecified atom stereocenters. The Morgan fingerprint density at radius 1 is 1.09 bits per heavy atom. The van der Waals surface area contributed by atoms with Crippen LogP contribution in [0, 0.1) is 6.92 Å². The third kappa shape index (κ3) is 7.73. The van der Waals surface area contributed by atoms with Crippen LogP contribution in [-0.4, -0.2) is 71.0 Å². The number of rotatable bonds is 10. The Hall–Kier alpha value is -2.77. The second-order valence-electron chi connectivity index (χ2n) is 7.86. The van der Waals surface area contributed by atoms with E-state index in [0.29, 0.717) is 13.2 Å². The van der Waals surface area contributed by atoms with Crippen molar-refractivity contribution in [3.8, 4) is 11.5 Å². The standard InChI is InChI=1S/C25H36N4O3/c1-20-7-8-21(18-24(20)30-3)9-10-27-25(26-2)28-19-22-5-4-6-23(17-22)32-16-13-29-11-14-31-15-12-29/h4-8,17-18H,9-16,19H2,1-3H3,(H2,26,27,28). The van der Waals surface area contributed by atoms with Gasteiger partial charge in [0.05, 0.1) is 20.3 Å². The molecule has 174 valence electrons. The molecule has 32 heavy (non-hydrogen) atoms. The van der Waals surface area contributed by atoms with Gasteiger partial charge in [0, 0.05) is 39.8 Å². The summed E-state index contributed by atoms with van der Waals surface area (Å²) in [5.41, 5.74) is 3.53. The van der Waals surface area contributed by atoms with Crippen molar-refractivity contribution < 1.29 is 14.2 Å². The second kappa shape index (κ2) is 12.9. The number of benzene rings is 2. The molecule has 1 aliphatic heterocycles. The quantitative estimate of drug-likeness (QED) is 0.437. The predicted octanol–water partition coefficient (Wildman–Crippen LogP) is 2.62. The topological polar surface area (TPSA) is 67.4 Å². The predicted molar refractivity (Wildman–Crippen MR) is 129 cm³/mol. The zero-order chi connectivity index (χ0) is 22.6. The molecule has 0 bridgehead atoms. The first-order valence-corrected chi connectivity index (χ1v) is 11.3. The maximum absolute atomic E-state index is 5.96. The van der Waals surface area contributed by atoms with Gasteiger partial charge in [0.2, 0.25) is 0 Å². The third-order valence-corrected chi connectivity index (χ3v) is 5.54. The van der Waals surface area contributed by atoms with Gasteiger partial charge in [-0.3, -0.25) is 9.89 Å². The molecule has 0 spiro atoms. The molecule has 1 heterocycles. The number of nitrogens with one attached hydrogen (secondary N) is 2. The fourth-order valence-electron chi connectivity index (χ4n) is 3.61. The lowest BCUT2D eigenvalue weighted by molar-refractivity contribution is 0.0322. The molecule has 0 amide bonds. The molecule has 0 radical (unpaired) electrons. The van der Waals surface area contributed by atoms with Crippen molar-refractivity contribution in [1.29, 1.82) is 0 Å². The minimum Gasteiger partial charge on any atom is -0.496 e. The first-order chi connectivity index (χ1) is 15.7. The van der Waals surface area contributed by atoms with E-state index in [1.165, 1.54) is 5.56 Å². The summed E-state index contributed by atoms with van der Waals surface area (Å²) in [6.07, 6.45) is 0.893. The average Bonchev–Trinajstić information content (AvgIpc) is 2.83. The first kappa shape index (κ1) is 23.9. The minimum absolute atomic E-state index is 0.679. The summed E-state index contributed by atoms with van der Waals surface area (Å²) in [4.78, 5) is 6.70. The molecule has 2 N–H and O–H groups in total. The highest BCUT2D eigenvalue weighted by molar-refractivity contribution is 5.79. The monoisotopic (exact) mass is 440 g/mol. The summed E-state index contributed by atoms with van der Waals surface area (Å²) in [7, 11) is 3.50. The summed E-state index contributed by atoms with van der Waals surface area (Å²) >= 11 is 0. The molecule has 2 aromatic carbocycles. The Bertz CT molecular complexity index is 866. The summed E-state index contributed by atoms with van der Waals surface area (Å²) in [5.74, 6) is 2.61. The van der Waals surface area contributed by atoms with E-state index < -0.39 is 0 Å². The van der Waals surface area contributed by atoms with E-state index in [9.17, 15) is 0 Å². The number of ether oxygens (including phenoxy) is 3. The fourth-order valence-corrected chi connectivity index (χ4v) is 3.61. The van der Waals surface area contributed by atoms with Gasteiger partial charge < -0.3 is 24.8 Å². The SMILES string of the molecule is CN=C(NCCc1ccc(C)c(OC)c1)NCc1cccc(OCCN2CCOCC2)c1. The van der Waals surface area contributed by atoms with Crippen molar-refractivity contribution >= 4 is 5.96 Å². The van der Waals surface area contributed by atoms with Gasteiger partial charge in [-0.25, -0.2) is 0 Å². The average molecular weight is 441 g/mol. The molecular formula is C25H36N4O3.